The maximum absolute atomic E-state index is 11.9. The minimum atomic E-state index is -0.995. The molecule has 0 aromatic carbocycles. The number of aryl methyl sites for hydroxylation is 2. The van der Waals surface area contributed by atoms with E-state index in [0.29, 0.717) is 15.6 Å². The Balaban J connectivity index is 2.16. The number of hydrogen-bond acceptors (Lipinski definition) is 5. The molecule has 2 aromatic heterocycles. The average Bonchev–Trinajstić information content (AvgIpc) is 2.85. The molecule has 0 aliphatic carbocycles. The van der Waals surface area contributed by atoms with E-state index in [1.165, 1.54) is 17.4 Å². The van der Waals surface area contributed by atoms with Crippen molar-refractivity contribution < 1.29 is 14.7 Å². The summed E-state index contributed by atoms with van der Waals surface area (Å²) >= 11 is 2.35. The smallest absolute Gasteiger partial charge is 0.345 e. The van der Waals surface area contributed by atoms with Gasteiger partial charge in [-0.15, -0.1) is 22.7 Å². The Labute approximate surface area is 111 Å². The monoisotopic (exact) mass is 282 g/mol. The molecular weight excluding hydrogens is 272 g/mol. The normalized spacial score (nSPS) is 10.3. The fourth-order valence-electron chi connectivity index (χ4n) is 1.43. The molecule has 0 fully saturated rings. The molecule has 0 aliphatic rings. The first-order chi connectivity index (χ1) is 8.47. The highest BCUT2D eigenvalue weighted by molar-refractivity contribution is 7.18. The number of carboxylic acid groups (broad SMARTS) is 1. The van der Waals surface area contributed by atoms with Crippen molar-refractivity contribution in [2.24, 2.45) is 0 Å². The number of rotatable bonds is 3. The van der Waals surface area contributed by atoms with E-state index in [9.17, 15) is 9.59 Å². The predicted octanol–water partition coefficient (Wildman–Crippen LogP) is 2.77. The van der Waals surface area contributed by atoms with Gasteiger partial charge < -0.3 is 10.4 Å². The quantitative estimate of drug-likeness (QED) is 0.907. The van der Waals surface area contributed by atoms with Gasteiger partial charge in [-0.3, -0.25) is 4.79 Å². The third-order valence-corrected chi connectivity index (χ3v) is 4.22. The van der Waals surface area contributed by atoms with Crippen LogP contribution in [-0.4, -0.2) is 22.0 Å². The van der Waals surface area contributed by atoms with Crippen LogP contribution in [0.25, 0.3) is 0 Å². The van der Waals surface area contributed by atoms with E-state index in [-0.39, 0.29) is 10.8 Å². The molecule has 0 saturated carbocycles. The van der Waals surface area contributed by atoms with Gasteiger partial charge in [0.1, 0.15) is 9.75 Å². The van der Waals surface area contributed by atoms with Gasteiger partial charge in [0.05, 0.1) is 15.7 Å². The Morgan fingerprint density at radius 2 is 2.00 bits per heavy atom. The van der Waals surface area contributed by atoms with Crippen LogP contribution in [0, 0.1) is 13.8 Å². The lowest BCUT2D eigenvalue weighted by Gasteiger charge is -1.99. The van der Waals surface area contributed by atoms with E-state index in [1.807, 2.05) is 6.92 Å². The second-order valence-corrected chi connectivity index (χ2v) is 5.86. The van der Waals surface area contributed by atoms with Crippen LogP contribution in [-0.2, 0) is 0 Å². The largest absolute Gasteiger partial charge is 0.477 e. The summed E-state index contributed by atoms with van der Waals surface area (Å²) in [5, 5.41) is 12.8. The van der Waals surface area contributed by atoms with E-state index in [2.05, 4.69) is 10.3 Å². The Bertz CT molecular complexity index is 616. The number of hydrogen-bond donors (Lipinski definition) is 2. The van der Waals surface area contributed by atoms with Crippen LogP contribution >= 0.6 is 22.7 Å². The second-order valence-electron chi connectivity index (χ2n) is 3.57. The number of thiazole rings is 1. The molecule has 0 saturated heterocycles. The SMILES string of the molecule is Cc1nc(C)c(C(=O)Nc2ccc(C(=O)O)s2)s1. The number of carboxylic acids is 1. The first-order valence-corrected chi connectivity index (χ1v) is 6.69. The molecule has 0 spiro atoms. The number of thiophene rings is 1. The number of nitrogens with zero attached hydrogens (tertiary/aromatic N) is 1. The molecule has 0 aliphatic heterocycles. The van der Waals surface area contributed by atoms with Gasteiger partial charge in [-0.2, -0.15) is 0 Å². The minimum Gasteiger partial charge on any atom is -0.477 e. The number of carbonyl (C=O) groups excluding carboxylic acids is 1. The fourth-order valence-corrected chi connectivity index (χ4v) is 2.99. The molecular formula is C11H10N2O3S2. The molecule has 0 bridgehead atoms. The number of carbonyl (C=O) groups is 2. The third-order valence-electron chi connectivity index (χ3n) is 2.16. The summed E-state index contributed by atoms with van der Waals surface area (Å²) in [5.74, 6) is -1.25. The summed E-state index contributed by atoms with van der Waals surface area (Å²) in [6.07, 6.45) is 0. The maximum atomic E-state index is 11.9. The number of anilines is 1. The molecule has 2 N–H and O–H groups in total. The van der Waals surface area contributed by atoms with Gasteiger partial charge in [0.15, 0.2) is 0 Å². The lowest BCUT2D eigenvalue weighted by atomic mass is 10.4. The van der Waals surface area contributed by atoms with E-state index in [4.69, 9.17) is 5.11 Å². The summed E-state index contributed by atoms with van der Waals surface area (Å²) in [6.45, 7) is 3.61. The van der Waals surface area contributed by atoms with E-state index >= 15 is 0 Å². The number of aromatic nitrogens is 1. The summed E-state index contributed by atoms with van der Waals surface area (Å²) in [4.78, 5) is 27.6. The van der Waals surface area contributed by atoms with Gasteiger partial charge in [0.2, 0.25) is 0 Å². The Morgan fingerprint density at radius 3 is 2.50 bits per heavy atom. The van der Waals surface area contributed by atoms with Crippen molar-refractivity contribution in [3.63, 3.8) is 0 Å². The van der Waals surface area contributed by atoms with Gasteiger partial charge in [-0.25, -0.2) is 9.78 Å². The van der Waals surface area contributed by atoms with Crippen molar-refractivity contribution in [2.75, 3.05) is 5.32 Å². The van der Waals surface area contributed by atoms with Gasteiger partial charge in [0.25, 0.3) is 5.91 Å². The summed E-state index contributed by atoms with van der Waals surface area (Å²) in [7, 11) is 0. The number of aromatic carboxylic acids is 1. The van der Waals surface area contributed by atoms with Gasteiger partial charge in [0, 0.05) is 0 Å². The highest BCUT2D eigenvalue weighted by atomic mass is 32.1. The molecule has 18 heavy (non-hydrogen) atoms. The van der Waals surface area contributed by atoms with Crippen LogP contribution in [0.15, 0.2) is 12.1 Å². The van der Waals surface area contributed by atoms with E-state index < -0.39 is 5.97 Å². The molecule has 5 nitrogen and oxygen atoms in total. The van der Waals surface area contributed by atoms with Crippen molar-refractivity contribution in [3.8, 4) is 0 Å². The number of nitrogens with one attached hydrogen (secondary N) is 1. The summed E-state index contributed by atoms with van der Waals surface area (Å²) in [5.41, 5.74) is 0.685. The van der Waals surface area contributed by atoms with Crippen molar-refractivity contribution in [1.82, 2.24) is 4.98 Å². The molecule has 0 radical (unpaired) electrons. The number of amides is 1. The van der Waals surface area contributed by atoms with E-state index in [0.717, 1.165) is 16.3 Å². The van der Waals surface area contributed by atoms with Crippen molar-refractivity contribution >= 4 is 39.6 Å². The van der Waals surface area contributed by atoms with Crippen LogP contribution in [0.1, 0.15) is 30.0 Å². The molecule has 7 heteroatoms. The topological polar surface area (TPSA) is 79.3 Å². The van der Waals surface area contributed by atoms with Crippen LogP contribution in [0.2, 0.25) is 0 Å². The average molecular weight is 282 g/mol. The first kappa shape index (κ1) is 12.7. The van der Waals surface area contributed by atoms with Crippen LogP contribution in [0.4, 0.5) is 5.00 Å². The zero-order valence-corrected chi connectivity index (χ0v) is 11.3. The molecule has 0 unspecified atom stereocenters. The highest BCUT2D eigenvalue weighted by Crippen LogP contribution is 2.24. The van der Waals surface area contributed by atoms with Crippen LogP contribution < -0.4 is 5.32 Å². The van der Waals surface area contributed by atoms with Gasteiger partial charge in [-0.1, -0.05) is 0 Å². The maximum Gasteiger partial charge on any atom is 0.345 e. The lowest BCUT2D eigenvalue weighted by molar-refractivity contribution is 0.0702. The molecule has 94 valence electrons. The molecule has 2 aromatic rings. The van der Waals surface area contributed by atoms with E-state index in [1.54, 1.807) is 13.0 Å². The Kier molecular flexibility index (Phi) is 3.44. The van der Waals surface area contributed by atoms with Crippen LogP contribution in [0.5, 0.6) is 0 Å². The highest BCUT2D eigenvalue weighted by Gasteiger charge is 2.15. The molecule has 2 heterocycles. The van der Waals surface area contributed by atoms with Crippen molar-refractivity contribution in [2.45, 2.75) is 13.8 Å². The lowest BCUT2D eigenvalue weighted by Crippen LogP contribution is -2.10. The Morgan fingerprint density at radius 1 is 1.28 bits per heavy atom. The molecule has 0 atom stereocenters. The molecule has 2 rings (SSSR count). The Hall–Kier alpha value is -1.73. The zero-order valence-electron chi connectivity index (χ0n) is 9.68. The predicted molar refractivity (Wildman–Crippen MR) is 70.8 cm³/mol. The fraction of sp³-hybridized carbons (Fsp3) is 0.182. The summed E-state index contributed by atoms with van der Waals surface area (Å²) < 4.78 is 0. The third kappa shape index (κ3) is 2.57. The van der Waals surface area contributed by atoms with Gasteiger partial charge in [-0.05, 0) is 26.0 Å². The van der Waals surface area contributed by atoms with Gasteiger partial charge >= 0.3 is 5.97 Å². The second kappa shape index (κ2) is 4.87. The van der Waals surface area contributed by atoms with Crippen LogP contribution in [0.3, 0.4) is 0 Å². The minimum absolute atomic E-state index is 0.197. The zero-order chi connectivity index (χ0) is 13.3. The van der Waals surface area contributed by atoms with Crippen molar-refractivity contribution in [1.29, 1.82) is 0 Å². The first-order valence-electron chi connectivity index (χ1n) is 5.06. The summed E-state index contributed by atoms with van der Waals surface area (Å²) in [6, 6.07) is 3.04. The van der Waals surface area contributed by atoms with Crippen molar-refractivity contribution in [3.05, 3.63) is 32.6 Å². The molecule has 1 amide bonds. The standard InChI is InChI=1S/C11H10N2O3S2/c1-5-9(17-6(2)12-5)10(14)13-8-4-3-7(18-8)11(15)16/h3-4H,1-2H3,(H,13,14)(H,15,16).